The molecular weight excluding hydrogens is 348 g/mol. The predicted octanol–water partition coefficient (Wildman–Crippen LogP) is 6.87. The quantitative estimate of drug-likeness (QED) is 0.506. The Hall–Kier alpha value is -1.13. The van der Waals surface area contributed by atoms with Gasteiger partial charge in [-0.25, -0.2) is 4.79 Å². The van der Waals surface area contributed by atoms with Crippen LogP contribution in [0, 0.1) is 0 Å². The molecule has 0 aromatic heterocycles. The Bertz CT molecular complexity index is 465. The summed E-state index contributed by atoms with van der Waals surface area (Å²) >= 11 is 0. The molecule has 0 bridgehead atoms. The van der Waals surface area contributed by atoms with E-state index in [1.54, 1.807) is 0 Å². The third kappa shape index (κ3) is 9.38. The number of hydrogen-bond acceptors (Lipinski definition) is 3. The first-order valence-corrected chi connectivity index (χ1v) is 11.9. The number of nitrogens with zero attached hydrogens (tertiary/aromatic N) is 2. The van der Waals surface area contributed by atoms with Crippen molar-refractivity contribution in [3.05, 3.63) is 0 Å². The zero-order chi connectivity index (χ0) is 20.3. The molecular formula is C23H44N4O. The Morgan fingerprint density at radius 3 is 1.75 bits per heavy atom. The van der Waals surface area contributed by atoms with Crippen LogP contribution in [0.5, 0.6) is 0 Å². The number of carbonyl (C=O) groups excluding carboxylic acids is 1. The molecule has 0 atom stereocenters. The average Bonchev–Trinajstić information content (AvgIpc) is 2.63. The normalized spacial score (nSPS) is 23.5. The van der Waals surface area contributed by atoms with Crippen LogP contribution in [0.1, 0.15) is 124 Å². The second kappa shape index (κ2) is 11.8. The van der Waals surface area contributed by atoms with Crippen LogP contribution in [0.3, 0.4) is 0 Å². The molecule has 2 saturated carbocycles. The Balaban J connectivity index is 2.07. The van der Waals surface area contributed by atoms with Crippen molar-refractivity contribution in [2.24, 2.45) is 10.2 Å². The third-order valence-corrected chi connectivity index (χ3v) is 6.01. The highest BCUT2D eigenvalue weighted by Crippen LogP contribution is 2.28. The minimum atomic E-state index is -0.550. The SMILES string of the molecule is CC(C)(C)/N=N/C1(NC(=O)NC2CCCCC2)CCCCCCCCCCC1. The molecule has 2 rings (SSSR count). The number of azo groups is 1. The maximum atomic E-state index is 12.9. The van der Waals surface area contributed by atoms with Gasteiger partial charge in [-0.15, -0.1) is 0 Å². The Kier molecular flexibility index (Phi) is 9.73. The average molecular weight is 393 g/mol. The first-order valence-electron chi connectivity index (χ1n) is 11.9. The smallest absolute Gasteiger partial charge is 0.316 e. The molecule has 28 heavy (non-hydrogen) atoms. The summed E-state index contributed by atoms with van der Waals surface area (Å²) in [5.41, 5.74) is -0.774. The summed E-state index contributed by atoms with van der Waals surface area (Å²) in [5, 5.41) is 15.9. The zero-order valence-electron chi connectivity index (χ0n) is 18.7. The number of carbonyl (C=O) groups is 1. The van der Waals surface area contributed by atoms with Crippen molar-refractivity contribution in [1.82, 2.24) is 10.6 Å². The van der Waals surface area contributed by atoms with Crippen LogP contribution >= 0.6 is 0 Å². The lowest BCUT2D eigenvalue weighted by Gasteiger charge is -2.33. The summed E-state index contributed by atoms with van der Waals surface area (Å²) in [6, 6.07) is 0.267. The van der Waals surface area contributed by atoms with Gasteiger partial charge in [0, 0.05) is 6.04 Å². The summed E-state index contributed by atoms with van der Waals surface area (Å²) in [6.07, 6.45) is 19.0. The maximum absolute atomic E-state index is 12.9. The topological polar surface area (TPSA) is 65.8 Å². The second-order valence-electron chi connectivity index (χ2n) is 10.0. The lowest BCUT2D eigenvalue weighted by Crippen LogP contribution is -2.53. The van der Waals surface area contributed by atoms with Gasteiger partial charge in [-0.1, -0.05) is 64.2 Å². The van der Waals surface area contributed by atoms with Crippen molar-refractivity contribution in [3.8, 4) is 0 Å². The van der Waals surface area contributed by atoms with Gasteiger partial charge >= 0.3 is 6.03 Å². The van der Waals surface area contributed by atoms with E-state index < -0.39 is 5.66 Å². The lowest BCUT2D eigenvalue weighted by atomic mass is 9.93. The Labute approximate surface area is 172 Å². The van der Waals surface area contributed by atoms with Crippen LogP contribution in [0.2, 0.25) is 0 Å². The van der Waals surface area contributed by atoms with E-state index in [4.69, 9.17) is 5.11 Å². The molecule has 0 saturated heterocycles. The minimum absolute atomic E-state index is 0.0492. The van der Waals surface area contributed by atoms with Gasteiger partial charge in [0.25, 0.3) is 0 Å². The number of rotatable bonds is 3. The first-order chi connectivity index (χ1) is 13.4. The lowest BCUT2D eigenvalue weighted by molar-refractivity contribution is 0.202. The molecule has 0 spiro atoms. The van der Waals surface area contributed by atoms with Gasteiger partial charge in [0.05, 0.1) is 5.54 Å². The molecule has 0 unspecified atom stereocenters. The summed E-state index contributed by atoms with van der Waals surface area (Å²) in [7, 11) is 0. The van der Waals surface area contributed by atoms with Crippen molar-refractivity contribution in [2.45, 2.75) is 141 Å². The molecule has 2 amide bonds. The molecule has 2 aliphatic rings. The van der Waals surface area contributed by atoms with E-state index in [2.05, 4.69) is 36.5 Å². The van der Waals surface area contributed by atoms with Crippen LogP contribution in [-0.4, -0.2) is 23.3 Å². The Morgan fingerprint density at radius 2 is 1.25 bits per heavy atom. The van der Waals surface area contributed by atoms with Crippen LogP contribution in [0.4, 0.5) is 4.79 Å². The number of nitrogens with one attached hydrogen (secondary N) is 2. The minimum Gasteiger partial charge on any atom is -0.335 e. The molecule has 2 N–H and O–H groups in total. The summed E-state index contributed by atoms with van der Waals surface area (Å²) in [6.45, 7) is 6.21. The maximum Gasteiger partial charge on any atom is 0.316 e. The monoisotopic (exact) mass is 392 g/mol. The highest BCUT2D eigenvalue weighted by atomic mass is 16.2. The molecule has 2 aliphatic carbocycles. The Morgan fingerprint density at radius 1 is 0.786 bits per heavy atom. The van der Waals surface area contributed by atoms with Gasteiger partial charge in [0.2, 0.25) is 0 Å². The third-order valence-electron chi connectivity index (χ3n) is 6.01. The summed E-state index contributed by atoms with van der Waals surface area (Å²) in [5.74, 6) is 0. The van der Waals surface area contributed by atoms with Gasteiger partial charge in [-0.2, -0.15) is 10.2 Å². The molecule has 5 nitrogen and oxygen atoms in total. The van der Waals surface area contributed by atoms with Crippen LogP contribution in [-0.2, 0) is 0 Å². The standard InChI is InChI=1S/C23H44N4O/c1-22(2,3)26-27-23(25-21(28)24-20-16-12-11-13-17-20)18-14-9-7-5-4-6-8-10-15-19-23/h20H,4-19H2,1-3H3,(H2,24,25,28)/b27-26+. The molecule has 2 fully saturated rings. The van der Waals surface area contributed by atoms with Crippen molar-refractivity contribution in [3.63, 3.8) is 0 Å². The molecule has 0 aromatic carbocycles. The van der Waals surface area contributed by atoms with Crippen molar-refractivity contribution >= 4 is 6.03 Å². The van der Waals surface area contributed by atoms with E-state index >= 15 is 0 Å². The largest absolute Gasteiger partial charge is 0.335 e. The second-order valence-corrected chi connectivity index (χ2v) is 10.0. The molecule has 0 aromatic rings. The van der Waals surface area contributed by atoms with Crippen LogP contribution in [0.15, 0.2) is 10.2 Å². The summed E-state index contributed by atoms with van der Waals surface area (Å²) < 4.78 is 0. The van der Waals surface area contributed by atoms with Gasteiger partial charge in [0.1, 0.15) is 0 Å². The van der Waals surface area contributed by atoms with E-state index in [0.29, 0.717) is 6.04 Å². The molecule has 0 radical (unpaired) electrons. The van der Waals surface area contributed by atoms with Gasteiger partial charge in [-0.3, -0.25) is 0 Å². The van der Waals surface area contributed by atoms with Gasteiger partial charge < -0.3 is 10.6 Å². The fourth-order valence-electron chi connectivity index (χ4n) is 4.37. The summed E-state index contributed by atoms with van der Waals surface area (Å²) in [4.78, 5) is 12.9. The number of hydrogen-bond donors (Lipinski definition) is 2. The predicted molar refractivity (Wildman–Crippen MR) is 117 cm³/mol. The van der Waals surface area contributed by atoms with Gasteiger partial charge in [0.15, 0.2) is 5.66 Å². The number of amides is 2. The van der Waals surface area contributed by atoms with E-state index in [-0.39, 0.29) is 11.6 Å². The van der Waals surface area contributed by atoms with E-state index in [1.807, 2.05) is 0 Å². The van der Waals surface area contributed by atoms with Crippen molar-refractivity contribution < 1.29 is 4.79 Å². The fraction of sp³-hybridized carbons (Fsp3) is 0.957. The molecule has 162 valence electrons. The van der Waals surface area contributed by atoms with Crippen LogP contribution in [0.25, 0.3) is 0 Å². The van der Waals surface area contributed by atoms with E-state index in [9.17, 15) is 4.79 Å². The highest BCUT2D eigenvalue weighted by Gasteiger charge is 2.32. The van der Waals surface area contributed by atoms with Crippen molar-refractivity contribution in [1.29, 1.82) is 0 Å². The molecule has 0 heterocycles. The highest BCUT2D eigenvalue weighted by molar-refractivity contribution is 5.75. The van der Waals surface area contributed by atoms with Crippen molar-refractivity contribution in [2.75, 3.05) is 0 Å². The molecule has 5 heteroatoms. The first kappa shape index (κ1) is 23.2. The van der Waals surface area contributed by atoms with Gasteiger partial charge in [-0.05, 0) is 59.3 Å². The number of urea groups is 1. The van der Waals surface area contributed by atoms with Crippen LogP contribution < -0.4 is 10.6 Å². The molecule has 0 aliphatic heterocycles. The van der Waals surface area contributed by atoms with E-state index in [1.165, 1.54) is 64.2 Å². The van der Waals surface area contributed by atoms with E-state index in [0.717, 1.165) is 38.5 Å². The fourth-order valence-corrected chi connectivity index (χ4v) is 4.37. The zero-order valence-corrected chi connectivity index (χ0v) is 18.7.